The standard InChI is InChI=1S/C61H117NO5/c1-3-5-7-9-11-13-15-17-19-20-21-22-23-24-25-26-27-29-33-37-41-45-49-53-59(64)58(57-63)62-60(65)54-50-46-42-38-34-30-28-32-36-40-44-48-52-56-67-61(66)55-51-47-43-39-35-31-18-16-14-12-10-8-6-4-2/h10,12,16,18,58-59,63-64H,3-9,11,13-15,17,19-57H2,1-2H3,(H,62,65)/b12-10-,18-16-. The first kappa shape index (κ1) is 65.3. The summed E-state index contributed by atoms with van der Waals surface area (Å²) >= 11 is 0. The van der Waals surface area contributed by atoms with Gasteiger partial charge >= 0.3 is 5.97 Å². The fourth-order valence-electron chi connectivity index (χ4n) is 9.36. The van der Waals surface area contributed by atoms with E-state index in [2.05, 4.69) is 43.5 Å². The molecule has 67 heavy (non-hydrogen) atoms. The molecule has 6 heteroatoms. The molecule has 2 unspecified atom stereocenters. The normalized spacial score (nSPS) is 12.7. The summed E-state index contributed by atoms with van der Waals surface area (Å²) in [4.78, 5) is 24.6. The molecule has 0 aromatic rings. The van der Waals surface area contributed by atoms with Gasteiger partial charge in [0.25, 0.3) is 0 Å². The molecule has 0 spiro atoms. The fourth-order valence-corrected chi connectivity index (χ4v) is 9.36. The van der Waals surface area contributed by atoms with Crippen LogP contribution < -0.4 is 5.32 Å². The highest BCUT2D eigenvalue weighted by Gasteiger charge is 2.20. The zero-order valence-corrected chi connectivity index (χ0v) is 45.1. The molecule has 0 fully saturated rings. The number of esters is 1. The Bertz CT molecular complexity index is 1040. The van der Waals surface area contributed by atoms with Gasteiger partial charge in [0.15, 0.2) is 0 Å². The molecule has 6 nitrogen and oxygen atoms in total. The molecule has 0 rings (SSSR count). The van der Waals surface area contributed by atoms with E-state index >= 15 is 0 Å². The second-order valence-electron chi connectivity index (χ2n) is 20.7. The number of hydrogen-bond acceptors (Lipinski definition) is 5. The number of aliphatic hydroxyl groups is 2. The van der Waals surface area contributed by atoms with E-state index in [1.165, 1.54) is 238 Å². The van der Waals surface area contributed by atoms with Crippen molar-refractivity contribution in [1.82, 2.24) is 5.32 Å². The maximum atomic E-state index is 12.5. The molecule has 0 aliphatic heterocycles. The topological polar surface area (TPSA) is 95.9 Å². The van der Waals surface area contributed by atoms with Crippen LogP contribution in [0, 0.1) is 0 Å². The second kappa shape index (κ2) is 56.9. The summed E-state index contributed by atoms with van der Waals surface area (Å²) < 4.78 is 5.46. The van der Waals surface area contributed by atoms with E-state index in [-0.39, 0.29) is 18.5 Å². The van der Waals surface area contributed by atoms with Crippen molar-refractivity contribution in [1.29, 1.82) is 0 Å². The number of nitrogens with one attached hydrogen (secondary N) is 1. The maximum Gasteiger partial charge on any atom is 0.305 e. The van der Waals surface area contributed by atoms with Gasteiger partial charge in [0.05, 0.1) is 25.4 Å². The molecule has 3 N–H and O–H groups in total. The van der Waals surface area contributed by atoms with Gasteiger partial charge in [-0.2, -0.15) is 0 Å². The van der Waals surface area contributed by atoms with E-state index in [1.54, 1.807) is 0 Å². The average molecular weight is 945 g/mol. The van der Waals surface area contributed by atoms with Gasteiger partial charge in [-0.25, -0.2) is 0 Å². The number of hydrogen-bond donors (Lipinski definition) is 3. The maximum absolute atomic E-state index is 12.5. The van der Waals surface area contributed by atoms with Crippen molar-refractivity contribution < 1.29 is 24.5 Å². The van der Waals surface area contributed by atoms with Crippen LogP contribution in [-0.4, -0.2) is 47.4 Å². The summed E-state index contributed by atoms with van der Waals surface area (Å²) in [5.41, 5.74) is 0. The minimum atomic E-state index is -0.675. The summed E-state index contributed by atoms with van der Waals surface area (Å²) in [6, 6.07) is -0.553. The predicted molar refractivity (Wildman–Crippen MR) is 292 cm³/mol. The quantitative estimate of drug-likeness (QED) is 0.0321. The van der Waals surface area contributed by atoms with Gasteiger partial charge in [-0.05, 0) is 51.4 Å². The number of unbranched alkanes of at least 4 members (excludes halogenated alkanes) is 41. The third kappa shape index (κ3) is 53.5. The average Bonchev–Trinajstić information content (AvgIpc) is 3.33. The molecule has 0 saturated carbocycles. The molecular formula is C61H117NO5. The Labute approximate surface area is 418 Å². The summed E-state index contributed by atoms with van der Waals surface area (Å²) in [5.74, 6) is -0.0645. The summed E-state index contributed by atoms with van der Waals surface area (Å²) in [6.45, 7) is 4.90. The van der Waals surface area contributed by atoms with Gasteiger partial charge in [0.2, 0.25) is 5.91 Å². The smallest absolute Gasteiger partial charge is 0.305 e. The number of aliphatic hydroxyl groups excluding tert-OH is 2. The molecule has 0 aliphatic rings. The minimum Gasteiger partial charge on any atom is -0.466 e. The van der Waals surface area contributed by atoms with Crippen molar-refractivity contribution in [2.75, 3.05) is 13.2 Å². The second-order valence-corrected chi connectivity index (χ2v) is 20.7. The highest BCUT2D eigenvalue weighted by atomic mass is 16.5. The van der Waals surface area contributed by atoms with Crippen molar-refractivity contribution in [2.24, 2.45) is 0 Å². The van der Waals surface area contributed by atoms with E-state index < -0.39 is 12.1 Å². The molecule has 0 saturated heterocycles. The van der Waals surface area contributed by atoms with Crippen molar-refractivity contribution >= 4 is 11.9 Å². The molecular weight excluding hydrogens is 827 g/mol. The van der Waals surface area contributed by atoms with Crippen molar-refractivity contribution in [3.05, 3.63) is 24.3 Å². The van der Waals surface area contributed by atoms with E-state index in [1.807, 2.05) is 0 Å². The van der Waals surface area contributed by atoms with Crippen LogP contribution in [0.1, 0.15) is 328 Å². The van der Waals surface area contributed by atoms with Gasteiger partial charge in [-0.15, -0.1) is 0 Å². The number of carbonyl (C=O) groups is 2. The molecule has 2 atom stereocenters. The lowest BCUT2D eigenvalue weighted by atomic mass is 10.0. The van der Waals surface area contributed by atoms with E-state index in [9.17, 15) is 19.8 Å². The number of ether oxygens (including phenoxy) is 1. The van der Waals surface area contributed by atoms with E-state index in [0.717, 1.165) is 57.8 Å². The SMILES string of the molecule is CCCC/C=C\C/C=C\CCCCCCCC(=O)OCCCCCCCCCCCCCCCC(=O)NC(CO)C(O)CCCCCCCCCCCCCCCCCCCCCCCCC. The number of rotatable bonds is 56. The third-order valence-corrected chi connectivity index (χ3v) is 14.0. The first-order chi connectivity index (χ1) is 33.0. The van der Waals surface area contributed by atoms with Crippen LogP contribution in [0.5, 0.6) is 0 Å². The molecule has 0 radical (unpaired) electrons. The van der Waals surface area contributed by atoms with Crippen LogP contribution in [0.2, 0.25) is 0 Å². The van der Waals surface area contributed by atoms with Gasteiger partial charge in [0.1, 0.15) is 0 Å². The summed E-state index contributed by atoms with van der Waals surface area (Å²) in [6.07, 6.45) is 68.8. The molecule has 0 bridgehead atoms. The van der Waals surface area contributed by atoms with Crippen LogP contribution in [0.4, 0.5) is 0 Å². The number of amides is 1. The Morgan fingerprint density at radius 1 is 0.418 bits per heavy atom. The number of allylic oxidation sites excluding steroid dienone is 4. The Morgan fingerprint density at radius 3 is 1.18 bits per heavy atom. The predicted octanol–water partition coefficient (Wildman–Crippen LogP) is 18.6. The van der Waals surface area contributed by atoms with Crippen molar-refractivity contribution in [2.45, 2.75) is 341 Å². The lowest BCUT2D eigenvalue weighted by molar-refractivity contribution is -0.143. The molecule has 0 aliphatic carbocycles. The Balaban J connectivity index is 3.45. The molecule has 0 heterocycles. The Hall–Kier alpha value is -1.66. The monoisotopic (exact) mass is 944 g/mol. The van der Waals surface area contributed by atoms with Crippen molar-refractivity contribution in [3.8, 4) is 0 Å². The first-order valence-corrected chi connectivity index (χ1v) is 30.1. The zero-order chi connectivity index (χ0) is 48.6. The largest absolute Gasteiger partial charge is 0.466 e. The zero-order valence-electron chi connectivity index (χ0n) is 45.1. The van der Waals surface area contributed by atoms with E-state index in [0.29, 0.717) is 25.9 Å². The highest BCUT2D eigenvalue weighted by Crippen LogP contribution is 2.18. The summed E-state index contributed by atoms with van der Waals surface area (Å²) in [5, 5.41) is 23.4. The summed E-state index contributed by atoms with van der Waals surface area (Å²) in [7, 11) is 0. The molecule has 0 aromatic carbocycles. The molecule has 1 amide bonds. The lowest BCUT2D eigenvalue weighted by Crippen LogP contribution is -2.45. The van der Waals surface area contributed by atoms with Crippen LogP contribution >= 0.6 is 0 Å². The minimum absolute atomic E-state index is 0.0192. The van der Waals surface area contributed by atoms with E-state index in [4.69, 9.17) is 4.74 Å². The Morgan fingerprint density at radius 2 is 0.761 bits per heavy atom. The van der Waals surface area contributed by atoms with Crippen LogP contribution in [0.15, 0.2) is 24.3 Å². The Kier molecular flexibility index (Phi) is 55.5. The lowest BCUT2D eigenvalue weighted by Gasteiger charge is -2.22. The molecule has 0 aromatic heterocycles. The van der Waals surface area contributed by atoms with Crippen molar-refractivity contribution in [3.63, 3.8) is 0 Å². The van der Waals surface area contributed by atoms with Gasteiger partial charge in [0, 0.05) is 12.8 Å². The van der Waals surface area contributed by atoms with Crippen LogP contribution in [0.25, 0.3) is 0 Å². The van der Waals surface area contributed by atoms with Gasteiger partial charge < -0.3 is 20.3 Å². The van der Waals surface area contributed by atoms with Crippen LogP contribution in [-0.2, 0) is 14.3 Å². The highest BCUT2D eigenvalue weighted by molar-refractivity contribution is 5.76. The molecule has 396 valence electrons. The van der Waals surface area contributed by atoms with Gasteiger partial charge in [-0.1, -0.05) is 289 Å². The van der Waals surface area contributed by atoms with Crippen LogP contribution in [0.3, 0.4) is 0 Å². The fraction of sp³-hybridized carbons (Fsp3) is 0.902. The first-order valence-electron chi connectivity index (χ1n) is 30.1. The van der Waals surface area contributed by atoms with Gasteiger partial charge in [-0.3, -0.25) is 9.59 Å². The number of carbonyl (C=O) groups excluding carboxylic acids is 2. The third-order valence-electron chi connectivity index (χ3n) is 14.0.